The third-order valence-corrected chi connectivity index (χ3v) is 4.13. The number of nitrogens with zero attached hydrogens (tertiary/aromatic N) is 2. The maximum atomic E-state index is 12.1. The van der Waals surface area contributed by atoms with Crippen LogP contribution in [-0.4, -0.2) is 61.2 Å². The minimum atomic E-state index is -0.595. The number of cyclic esters (lactones) is 1. The lowest BCUT2D eigenvalue weighted by Crippen LogP contribution is -2.57. The van der Waals surface area contributed by atoms with Crippen LogP contribution in [0.5, 0.6) is 5.75 Å². The molecule has 3 rings (SSSR count). The molecule has 128 valence electrons. The Balaban J connectivity index is 1.40. The summed E-state index contributed by atoms with van der Waals surface area (Å²) in [6, 6.07) is 7.31. The smallest absolute Gasteiger partial charge is 0.417 e. The van der Waals surface area contributed by atoms with Crippen LogP contribution in [-0.2, 0) is 16.1 Å². The van der Waals surface area contributed by atoms with Crippen LogP contribution in [0.25, 0.3) is 0 Å². The van der Waals surface area contributed by atoms with Gasteiger partial charge in [0.2, 0.25) is 0 Å². The molecule has 0 spiro atoms. The highest BCUT2D eigenvalue weighted by Gasteiger charge is 2.38. The second-order valence-corrected chi connectivity index (χ2v) is 5.84. The van der Waals surface area contributed by atoms with Crippen LogP contribution in [0, 0.1) is 5.92 Å². The van der Waals surface area contributed by atoms with Crippen molar-refractivity contribution >= 4 is 18.0 Å². The molecular weight excluding hydrogens is 314 g/mol. The van der Waals surface area contributed by atoms with Gasteiger partial charge in [-0.05, 0) is 17.7 Å². The first-order valence-corrected chi connectivity index (χ1v) is 7.69. The molecule has 2 heterocycles. The van der Waals surface area contributed by atoms with Gasteiger partial charge in [0.25, 0.3) is 5.91 Å². The molecule has 2 aliphatic rings. The summed E-state index contributed by atoms with van der Waals surface area (Å²) in [7, 11) is 1.60. The number of imide groups is 1. The monoisotopic (exact) mass is 333 g/mol. The predicted octanol–water partition coefficient (Wildman–Crippen LogP) is 0.815. The van der Waals surface area contributed by atoms with Crippen LogP contribution >= 0.6 is 0 Å². The molecule has 1 aromatic rings. The Labute approximate surface area is 139 Å². The number of carbonyl (C=O) groups is 3. The Morgan fingerprint density at radius 1 is 1.29 bits per heavy atom. The van der Waals surface area contributed by atoms with Crippen LogP contribution < -0.4 is 10.1 Å². The van der Waals surface area contributed by atoms with Crippen LogP contribution in [0.2, 0.25) is 0 Å². The molecule has 0 unspecified atom stereocenters. The molecule has 24 heavy (non-hydrogen) atoms. The fourth-order valence-corrected chi connectivity index (χ4v) is 2.70. The number of carbonyl (C=O) groups excluding carboxylic acids is 3. The second-order valence-electron chi connectivity index (χ2n) is 5.84. The highest BCUT2D eigenvalue weighted by molar-refractivity contribution is 5.97. The molecule has 0 bridgehead atoms. The Bertz CT molecular complexity index is 624. The van der Waals surface area contributed by atoms with Gasteiger partial charge in [-0.25, -0.2) is 14.5 Å². The highest BCUT2D eigenvalue weighted by Crippen LogP contribution is 2.19. The summed E-state index contributed by atoms with van der Waals surface area (Å²) < 4.78 is 9.75. The van der Waals surface area contributed by atoms with Crippen molar-refractivity contribution in [1.82, 2.24) is 15.1 Å². The van der Waals surface area contributed by atoms with Crippen molar-refractivity contribution in [2.75, 3.05) is 33.4 Å². The van der Waals surface area contributed by atoms with E-state index >= 15 is 0 Å². The first kappa shape index (κ1) is 16.1. The van der Waals surface area contributed by atoms with Crippen molar-refractivity contribution < 1.29 is 23.9 Å². The Morgan fingerprint density at radius 2 is 2.00 bits per heavy atom. The van der Waals surface area contributed by atoms with Crippen molar-refractivity contribution in [3.63, 3.8) is 0 Å². The third-order valence-electron chi connectivity index (χ3n) is 4.13. The Hall–Kier alpha value is -2.77. The molecule has 1 aromatic carbocycles. The molecule has 8 nitrogen and oxygen atoms in total. The number of amides is 4. The maximum Gasteiger partial charge on any atom is 0.417 e. The zero-order valence-corrected chi connectivity index (χ0v) is 13.4. The number of benzene rings is 1. The number of ether oxygens (including phenoxy) is 2. The summed E-state index contributed by atoms with van der Waals surface area (Å²) in [5, 5.41) is 2.84. The zero-order chi connectivity index (χ0) is 17.1. The summed E-state index contributed by atoms with van der Waals surface area (Å²) in [6.07, 6.45) is -0.595. The van der Waals surface area contributed by atoms with E-state index in [1.165, 1.54) is 0 Å². The molecule has 0 aliphatic carbocycles. The molecule has 0 radical (unpaired) electrons. The van der Waals surface area contributed by atoms with E-state index in [-0.39, 0.29) is 24.5 Å². The van der Waals surface area contributed by atoms with Crippen LogP contribution in [0.15, 0.2) is 24.3 Å². The number of rotatable bonds is 5. The van der Waals surface area contributed by atoms with Crippen LogP contribution in [0.1, 0.15) is 5.56 Å². The van der Waals surface area contributed by atoms with Gasteiger partial charge >= 0.3 is 12.1 Å². The fraction of sp³-hybridized carbons (Fsp3) is 0.438. The van der Waals surface area contributed by atoms with Gasteiger partial charge in [0.05, 0.1) is 7.11 Å². The van der Waals surface area contributed by atoms with E-state index in [2.05, 4.69) is 10.1 Å². The molecule has 2 fully saturated rings. The van der Waals surface area contributed by atoms with E-state index < -0.39 is 6.09 Å². The van der Waals surface area contributed by atoms with Gasteiger partial charge in [0.1, 0.15) is 5.75 Å². The predicted molar refractivity (Wildman–Crippen MR) is 83.4 cm³/mol. The molecule has 0 saturated carbocycles. The van der Waals surface area contributed by atoms with Gasteiger partial charge in [-0.15, -0.1) is 0 Å². The Morgan fingerprint density at radius 3 is 2.58 bits per heavy atom. The molecular formula is C16H19N3O5. The van der Waals surface area contributed by atoms with Crippen molar-refractivity contribution in [3.8, 4) is 5.75 Å². The molecule has 0 atom stereocenters. The fourth-order valence-electron chi connectivity index (χ4n) is 2.70. The summed E-state index contributed by atoms with van der Waals surface area (Å²) in [6.45, 7) is 1.59. The lowest BCUT2D eigenvalue weighted by atomic mass is 10.0. The van der Waals surface area contributed by atoms with Gasteiger partial charge in [-0.1, -0.05) is 12.1 Å². The number of urea groups is 1. The second kappa shape index (κ2) is 6.77. The average molecular weight is 333 g/mol. The number of hydrogen-bond donors (Lipinski definition) is 1. The van der Waals surface area contributed by atoms with Crippen molar-refractivity contribution in [2.24, 2.45) is 5.92 Å². The van der Waals surface area contributed by atoms with Crippen LogP contribution in [0.4, 0.5) is 9.59 Å². The number of hydrogen-bond acceptors (Lipinski definition) is 5. The van der Waals surface area contributed by atoms with Gasteiger partial charge in [-0.3, -0.25) is 4.79 Å². The van der Waals surface area contributed by atoms with Gasteiger partial charge < -0.3 is 19.7 Å². The molecule has 4 amide bonds. The van der Waals surface area contributed by atoms with Gasteiger partial charge in [0, 0.05) is 32.1 Å². The van der Waals surface area contributed by atoms with E-state index in [1.807, 2.05) is 24.3 Å². The summed E-state index contributed by atoms with van der Waals surface area (Å²) in [5.74, 6) is 0.555. The zero-order valence-electron chi connectivity index (χ0n) is 13.4. The Kier molecular flexibility index (Phi) is 4.54. The third kappa shape index (κ3) is 3.42. The van der Waals surface area contributed by atoms with E-state index in [9.17, 15) is 14.4 Å². The minimum Gasteiger partial charge on any atom is -0.497 e. The normalized spacial score (nSPS) is 17.5. The van der Waals surface area contributed by atoms with E-state index in [1.54, 1.807) is 12.0 Å². The first-order chi connectivity index (χ1) is 11.6. The topological polar surface area (TPSA) is 88.2 Å². The number of nitrogens with one attached hydrogen (secondary N) is 1. The summed E-state index contributed by atoms with van der Waals surface area (Å²) in [5.41, 5.74) is 0.978. The SMILES string of the molecule is COc1ccc(CNC(=O)N2CC(CN3C(=O)COC3=O)C2)cc1. The van der Waals surface area contributed by atoms with E-state index in [0.717, 1.165) is 16.2 Å². The van der Waals surface area contributed by atoms with Crippen molar-refractivity contribution in [1.29, 1.82) is 0 Å². The number of likely N-dealkylation sites (tertiary alicyclic amines) is 1. The van der Waals surface area contributed by atoms with E-state index in [4.69, 9.17) is 4.74 Å². The van der Waals surface area contributed by atoms with Gasteiger partial charge in [-0.2, -0.15) is 0 Å². The maximum absolute atomic E-state index is 12.1. The minimum absolute atomic E-state index is 0.103. The first-order valence-electron chi connectivity index (χ1n) is 7.69. The molecule has 2 saturated heterocycles. The van der Waals surface area contributed by atoms with E-state index in [0.29, 0.717) is 26.2 Å². The molecule has 2 aliphatic heterocycles. The highest BCUT2D eigenvalue weighted by atomic mass is 16.6. The summed E-state index contributed by atoms with van der Waals surface area (Å²) in [4.78, 5) is 37.6. The molecule has 8 heteroatoms. The largest absolute Gasteiger partial charge is 0.497 e. The van der Waals surface area contributed by atoms with Crippen LogP contribution in [0.3, 0.4) is 0 Å². The van der Waals surface area contributed by atoms with Crippen molar-refractivity contribution in [2.45, 2.75) is 6.54 Å². The van der Waals surface area contributed by atoms with Crippen molar-refractivity contribution in [3.05, 3.63) is 29.8 Å². The average Bonchev–Trinajstić information content (AvgIpc) is 2.87. The standard InChI is InChI=1S/C16H19N3O5/c1-23-13-4-2-11(3-5-13)6-17-15(21)18-7-12(8-18)9-19-14(20)10-24-16(19)22/h2-5,12H,6-10H2,1H3,(H,17,21). The molecule has 1 N–H and O–H groups in total. The van der Waals surface area contributed by atoms with Gasteiger partial charge in [0.15, 0.2) is 6.61 Å². The lowest BCUT2D eigenvalue weighted by Gasteiger charge is -2.40. The number of methoxy groups -OCH3 is 1. The molecule has 0 aromatic heterocycles. The quantitative estimate of drug-likeness (QED) is 0.862. The lowest BCUT2D eigenvalue weighted by molar-refractivity contribution is -0.126. The summed E-state index contributed by atoms with van der Waals surface area (Å²) >= 11 is 0.